The van der Waals surface area contributed by atoms with Gasteiger partial charge in [-0.1, -0.05) is 78.1 Å². The standard InChI is InChI=1S/C22H45NO4S/c1-4-6-7-8-9-10-11-12-13-14-15-18-22(24)23(3,19-5-2)20-16-17-21-28(25,26)27/h4-21H2,1-3H3. The number of hydrogen-bond donors (Lipinski definition) is 0. The van der Waals surface area contributed by atoms with Crippen LogP contribution < -0.4 is 0 Å². The minimum absolute atomic E-state index is 0.253. The van der Waals surface area contributed by atoms with Gasteiger partial charge in [0, 0.05) is 5.75 Å². The van der Waals surface area contributed by atoms with Crippen molar-refractivity contribution in [2.45, 2.75) is 110 Å². The van der Waals surface area contributed by atoms with Gasteiger partial charge in [0.2, 0.25) is 0 Å². The lowest BCUT2D eigenvalue weighted by molar-refractivity contribution is -0.835. The summed E-state index contributed by atoms with van der Waals surface area (Å²) < 4.78 is 32.5. The van der Waals surface area contributed by atoms with Crippen molar-refractivity contribution in [3.05, 3.63) is 0 Å². The number of carbonyl (C=O) groups is 1. The smallest absolute Gasteiger partial charge is 0.313 e. The van der Waals surface area contributed by atoms with E-state index in [1.807, 2.05) is 7.05 Å². The first-order chi connectivity index (χ1) is 13.2. The molecular weight excluding hydrogens is 374 g/mol. The molecule has 0 saturated heterocycles. The van der Waals surface area contributed by atoms with Crippen LogP contribution in [0.1, 0.15) is 110 Å². The van der Waals surface area contributed by atoms with E-state index in [-0.39, 0.29) is 11.7 Å². The molecule has 0 aliphatic heterocycles. The minimum atomic E-state index is -4.15. The van der Waals surface area contributed by atoms with Gasteiger partial charge in [0.25, 0.3) is 0 Å². The van der Waals surface area contributed by atoms with Crippen molar-refractivity contribution < 1.29 is 22.2 Å². The fourth-order valence-electron chi connectivity index (χ4n) is 3.80. The quantitative estimate of drug-likeness (QED) is 0.160. The van der Waals surface area contributed by atoms with Crippen molar-refractivity contribution in [3.63, 3.8) is 0 Å². The maximum absolute atomic E-state index is 12.7. The molecule has 0 spiro atoms. The lowest BCUT2D eigenvalue weighted by atomic mass is 10.0. The van der Waals surface area contributed by atoms with E-state index in [1.165, 1.54) is 57.8 Å². The van der Waals surface area contributed by atoms with Crippen LogP contribution in [0.3, 0.4) is 0 Å². The van der Waals surface area contributed by atoms with Gasteiger partial charge >= 0.3 is 5.91 Å². The number of quaternary nitrogens is 1. The molecule has 0 aromatic rings. The van der Waals surface area contributed by atoms with Gasteiger partial charge in [0.15, 0.2) is 0 Å². The Labute approximate surface area is 174 Å². The van der Waals surface area contributed by atoms with E-state index in [0.29, 0.717) is 30.3 Å². The molecule has 0 aliphatic carbocycles. The summed E-state index contributed by atoms with van der Waals surface area (Å²) in [6.07, 6.45) is 16.4. The summed E-state index contributed by atoms with van der Waals surface area (Å²) in [6, 6.07) is 0. The average molecular weight is 420 g/mol. The second-order valence-electron chi connectivity index (χ2n) is 8.49. The number of amides is 1. The van der Waals surface area contributed by atoms with Crippen molar-refractivity contribution >= 4 is 16.0 Å². The molecule has 6 heteroatoms. The van der Waals surface area contributed by atoms with Crippen molar-refractivity contribution in [3.8, 4) is 0 Å². The molecule has 5 nitrogen and oxygen atoms in total. The predicted molar refractivity (Wildman–Crippen MR) is 116 cm³/mol. The highest BCUT2D eigenvalue weighted by Crippen LogP contribution is 2.16. The van der Waals surface area contributed by atoms with E-state index in [4.69, 9.17) is 0 Å². The molecule has 1 atom stereocenters. The molecule has 28 heavy (non-hydrogen) atoms. The zero-order valence-corrected chi connectivity index (χ0v) is 19.5. The van der Waals surface area contributed by atoms with E-state index in [1.54, 1.807) is 0 Å². The van der Waals surface area contributed by atoms with E-state index in [0.717, 1.165) is 25.8 Å². The summed E-state index contributed by atoms with van der Waals surface area (Å²) in [6.45, 7) is 5.71. The second-order valence-corrected chi connectivity index (χ2v) is 10.0. The van der Waals surface area contributed by atoms with Crippen LogP contribution in [-0.2, 0) is 14.9 Å². The lowest BCUT2D eigenvalue weighted by Crippen LogP contribution is -2.50. The third-order valence-corrected chi connectivity index (χ3v) is 6.40. The monoisotopic (exact) mass is 419 g/mol. The molecule has 0 radical (unpaired) electrons. The third-order valence-electron chi connectivity index (χ3n) is 5.61. The Bertz CT molecular complexity index is 493. The van der Waals surface area contributed by atoms with Crippen LogP contribution >= 0.6 is 0 Å². The van der Waals surface area contributed by atoms with Crippen molar-refractivity contribution in [2.24, 2.45) is 0 Å². The van der Waals surface area contributed by atoms with Crippen LogP contribution in [0.4, 0.5) is 0 Å². The SMILES string of the molecule is CCCCCCCCCCCCCC(=O)[N+](C)(CCC)CCCCS(=O)(=O)[O-]. The first-order valence-corrected chi connectivity index (χ1v) is 13.1. The number of hydrogen-bond acceptors (Lipinski definition) is 4. The second kappa shape index (κ2) is 16.3. The Kier molecular flexibility index (Phi) is 16.1. The molecule has 0 aromatic heterocycles. The van der Waals surface area contributed by atoms with Crippen molar-refractivity contribution in [1.82, 2.24) is 0 Å². The summed E-state index contributed by atoms with van der Waals surface area (Å²) in [4.78, 5) is 12.7. The first-order valence-electron chi connectivity index (χ1n) is 11.6. The van der Waals surface area contributed by atoms with Crippen LogP contribution in [0.15, 0.2) is 0 Å². The maximum atomic E-state index is 12.7. The Morgan fingerprint density at radius 1 is 0.714 bits per heavy atom. The Balaban J connectivity index is 3.91. The van der Waals surface area contributed by atoms with Crippen LogP contribution in [0.2, 0.25) is 0 Å². The highest BCUT2D eigenvalue weighted by Gasteiger charge is 2.29. The topological polar surface area (TPSA) is 74.3 Å². The Morgan fingerprint density at radius 3 is 1.68 bits per heavy atom. The molecule has 168 valence electrons. The Morgan fingerprint density at radius 2 is 1.21 bits per heavy atom. The Hall–Kier alpha value is -0.460. The minimum Gasteiger partial charge on any atom is -0.748 e. The van der Waals surface area contributed by atoms with Crippen LogP contribution in [-0.4, -0.2) is 49.3 Å². The van der Waals surface area contributed by atoms with E-state index < -0.39 is 10.1 Å². The predicted octanol–water partition coefficient (Wildman–Crippen LogP) is 5.40. The summed E-state index contributed by atoms with van der Waals surface area (Å²) >= 11 is 0. The fourth-order valence-corrected chi connectivity index (χ4v) is 4.36. The zero-order chi connectivity index (χ0) is 21.3. The maximum Gasteiger partial charge on any atom is 0.313 e. The van der Waals surface area contributed by atoms with E-state index >= 15 is 0 Å². The molecule has 0 bridgehead atoms. The number of rotatable bonds is 19. The molecule has 0 fully saturated rings. The molecule has 0 aromatic carbocycles. The zero-order valence-electron chi connectivity index (χ0n) is 18.7. The molecule has 0 rings (SSSR count). The number of unbranched alkanes of at least 4 members (excludes halogenated alkanes) is 11. The van der Waals surface area contributed by atoms with Crippen LogP contribution in [0.5, 0.6) is 0 Å². The largest absolute Gasteiger partial charge is 0.748 e. The molecular formula is C22H45NO4S. The van der Waals surface area contributed by atoms with Gasteiger partial charge in [0.1, 0.15) is 0 Å². The summed E-state index contributed by atoms with van der Waals surface area (Å²) in [5, 5.41) is 0. The molecule has 0 aliphatic rings. The van der Waals surface area contributed by atoms with Gasteiger partial charge in [-0.2, -0.15) is 0 Å². The van der Waals surface area contributed by atoms with Gasteiger partial charge in [-0.05, 0) is 25.7 Å². The first kappa shape index (κ1) is 27.5. The van der Waals surface area contributed by atoms with E-state index in [2.05, 4.69) is 13.8 Å². The van der Waals surface area contributed by atoms with Crippen molar-refractivity contribution in [1.29, 1.82) is 0 Å². The van der Waals surface area contributed by atoms with Gasteiger partial charge in [0.05, 0.1) is 36.7 Å². The molecule has 0 N–H and O–H groups in total. The van der Waals surface area contributed by atoms with Gasteiger partial charge in [-0.25, -0.2) is 13.2 Å². The normalized spacial score (nSPS) is 14.1. The summed E-state index contributed by atoms with van der Waals surface area (Å²) in [7, 11) is -2.20. The summed E-state index contributed by atoms with van der Waals surface area (Å²) in [5.74, 6) is -0.0749. The van der Waals surface area contributed by atoms with Gasteiger partial charge in [-0.3, -0.25) is 4.48 Å². The van der Waals surface area contributed by atoms with Crippen molar-refractivity contribution in [2.75, 3.05) is 25.9 Å². The highest BCUT2D eigenvalue weighted by molar-refractivity contribution is 7.85. The molecule has 1 amide bonds. The molecule has 0 saturated carbocycles. The number of carbonyl (C=O) groups excluding carboxylic acids is 1. The van der Waals surface area contributed by atoms with E-state index in [9.17, 15) is 17.8 Å². The number of nitrogens with zero attached hydrogens (tertiary/aromatic N) is 1. The fraction of sp³-hybridized carbons (Fsp3) is 0.955. The van der Waals surface area contributed by atoms with Crippen LogP contribution in [0, 0.1) is 0 Å². The molecule has 0 heterocycles. The highest BCUT2D eigenvalue weighted by atomic mass is 32.2. The average Bonchev–Trinajstić information content (AvgIpc) is 2.62. The van der Waals surface area contributed by atoms with Gasteiger partial charge < -0.3 is 4.55 Å². The van der Waals surface area contributed by atoms with Crippen LogP contribution in [0.25, 0.3) is 0 Å². The van der Waals surface area contributed by atoms with Gasteiger partial charge in [-0.15, -0.1) is 0 Å². The summed E-state index contributed by atoms with van der Waals surface area (Å²) in [5.41, 5.74) is 0. The lowest BCUT2D eigenvalue weighted by Gasteiger charge is -2.31. The molecule has 1 unspecified atom stereocenters. The third kappa shape index (κ3) is 15.5.